The Morgan fingerprint density at radius 2 is 2.14 bits per heavy atom. The summed E-state index contributed by atoms with van der Waals surface area (Å²) in [5.41, 5.74) is 1.33. The molecule has 0 radical (unpaired) electrons. The fourth-order valence-electron chi connectivity index (χ4n) is 2.85. The summed E-state index contributed by atoms with van der Waals surface area (Å²) in [7, 11) is 0. The van der Waals surface area contributed by atoms with Crippen molar-refractivity contribution < 1.29 is 4.74 Å². The quantitative estimate of drug-likeness (QED) is 0.742. The SMILES string of the molecule is CCCNC(C)CCCCN1CCOc2ccccc2C1. The van der Waals surface area contributed by atoms with Gasteiger partial charge in [-0.2, -0.15) is 0 Å². The second kappa shape index (κ2) is 9.06. The van der Waals surface area contributed by atoms with Crippen LogP contribution in [-0.4, -0.2) is 37.2 Å². The average Bonchev–Trinajstić information content (AvgIpc) is 2.71. The summed E-state index contributed by atoms with van der Waals surface area (Å²) in [6.07, 6.45) is 5.08. The maximum Gasteiger partial charge on any atom is 0.123 e. The highest BCUT2D eigenvalue weighted by Gasteiger charge is 2.14. The van der Waals surface area contributed by atoms with Gasteiger partial charge in [0.15, 0.2) is 0 Å². The van der Waals surface area contributed by atoms with E-state index in [1.54, 1.807) is 0 Å². The second-order valence-electron chi connectivity index (χ2n) is 6.08. The van der Waals surface area contributed by atoms with Gasteiger partial charge in [-0.3, -0.25) is 4.90 Å². The van der Waals surface area contributed by atoms with E-state index in [-0.39, 0.29) is 0 Å². The topological polar surface area (TPSA) is 24.5 Å². The molecule has 1 N–H and O–H groups in total. The number of fused-ring (bicyclic) bond motifs is 1. The molecule has 1 aliphatic rings. The Kier molecular flexibility index (Phi) is 7.04. The lowest BCUT2D eigenvalue weighted by atomic mass is 10.1. The molecule has 0 aromatic heterocycles. The Bertz CT molecular complexity index is 408. The summed E-state index contributed by atoms with van der Waals surface area (Å²) in [6, 6.07) is 9.08. The van der Waals surface area contributed by atoms with Crippen LogP contribution in [0.5, 0.6) is 5.75 Å². The van der Waals surface area contributed by atoms with Crippen molar-refractivity contribution in [2.45, 2.75) is 52.1 Å². The van der Waals surface area contributed by atoms with Crippen LogP contribution >= 0.6 is 0 Å². The standard InChI is InChI=1S/C18H30N2O/c1-3-11-19-16(2)8-6-7-12-20-13-14-21-18-10-5-4-9-17(18)15-20/h4-5,9-10,16,19H,3,6-8,11-15H2,1-2H3. The molecule has 0 saturated heterocycles. The number of unbranched alkanes of at least 4 members (excludes halogenated alkanes) is 1. The Morgan fingerprint density at radius 3 is 3.00 bits per heavy atom. The predicted molar refractivity (Wildman–Crippen MR) is 88.8 cm³/mol. The summed E-state index contributed by atoms with van der Waals surface area (Å²) in [6.45, 7) is 9.72. The lowest BCUT2D eigenvalue weighted by Gasteiger charge is -2.20. The van der Waals surface area contributed by atoms with Crippen LogP contribution in [0.3, 0.4) is 0 Å². The zero-order chi connectivity index (χ0) is 14.9. The van der Waals surface area contributed by atoms with E-state index >= 15 is 0 Å². The van der Waals surface area contributed by atoms with Gasteiger partial charge in [-0.05, 0) is 45.3 Å². The maximum absolute atomic E-state index is 5.82. The molecule has 1 atom stereocenters. The normalized spacial score (nSPS) is 16.9. The lowest BCUT2D eigenvalue weighted by molar-refractivity contribution is 0.221. The first-order valence-electron chi connectivity index (χ1n) is 8.46. The number of ether oxygens (including phenoxy) is 1. The van der Waals surface area contributed by atoms with Gasteiger partial charge in [-0.25, -0.2) is 0 Å². The van der Waals surface area contributed by atoms with Crippen molar-refractivity contribution in [1.29, 1.82) is 0 Å². The molecule has 1 heterocycles. The largest absolute Gasteiger partial charge is 0.492 e. The van der Waals surface area contributed by atoms with E-state index in [9.17, 15) is 0 Å². The number of benzene rings is 1. The van der Waals surface area contributed by atoms with Crippen molar-refractivity contribution >= 4 is 0 Å². The van der Waals surface area contributed by atoms with E-state index < -0.39 is 0 Å². The van der Waals surface area contributed by atoms with Crippen molar-refractivity contribution in [2.24, 2.45) is 0 Å². The summed E-state index contributed by atoms with van der Waals surface area (Å²) in [4.78, 5) is 2.52. The molecular weight excluding hydrogens is 260 g/mol. The smallest absolute Gasteiger partial charge is 0.123 e. The van der Waals surface area contributed by atoms with E-state index in [1.165, 1.54) is 37.8 Å². The second-order valence-corrected chi connectivity index (χ2v) is 6.08. The van der Waals surface area contributed by atoms with Crippen LogP contribution in [-0.2, 0) is 6.54 Å². The van der Waals surface area contributed by atoms with Crippen LogP contribution in [0.1, 0.15) is 45.1 Å². The number of rotatable bonds is 8. The van der Waals surface area contributed by atoms with Gasteiger partial charge in [0.25, 0.3) is 0 Å². The third kappa shape index (κ3) is 5.68. The molecule has 1 aromatic rings. The highest BCUT2D eigenvalue weighted by molar-refractivity contribution is 5.33. The predicted octanol–water partition coefficient (Wildman–Crippen LogP) is 3.44. The minimum atomic E-state index is 0.651. The van der Waals surface area contributed by atoms with Gasteiger partial charge in [-0.1, -0.05) is 31.5 Å². The van der Waals surface area contributed by atoms with Crippen molar-refractivity contribution in [3.05, 3.63) is 29.8 Å². The van der Waals surface area contributed by atoms with Gasteiger partial charge in [0.1, 0.15) is 12.4 Å². The number of nitrogens with one attached hydrogen (secondary N) is 1. The van der Waals surface area contributed by atoms with Gasteiger partial charge < -0.3 is 10.1 Å². The molecule has 1 unspecified atom stereocenters. The molecule has 118 valence electrons. The number of nitrogens with zero attached hydrogens (tertiary/aromatic N) is 1. The van der Waals surface area contributed by atoms with Crippen molar-refractivity contribution in [3.63, 3.8) is 0 Å². The first kappa shape index (κ1) is 16.3. The molecule has 0 bridgehead atoms. The lowest BCUT2D eigenvalue weighted by Crippen LogP contribution is -2.28. The molecule has 2 rings (SSSR count). The molecular formula is C18H30N2O. The molecule has 21 heavy (non-hydrogen) atoms. The molecule has 3 heteroatoms. The molecule has 0 aliphatic carbocycles. The fourth-order valence-corrected chi connectivity index (χ4v) is 2.85. The fraction of sp³-hybridized carbons (Fsp3) is 0.667. The molecule has 0 fully saturated rings. The third-order valence-corrected chi connectivity index (χ3v) is 4.14. The van der Waals surface area contributed by atoms with E-state index in [1.807, 2.05) is 0 Å². The Labute approximate surface area is 129 Å². The monoisotopic (exact) mass is 290 g/mol. The van der Waals surface area contributed by atoms with E-state index in [2.05, 4.69) is 48.3 Å². The molecule has 1 aromatic carbocycles. The Hall–Kier alpha value is -1.06. The highest BCUT2D eigenvalue weighted by Crippen LogP contribution is 2.22. The maximum atomic E-state index is 5.82. The Balaban J connectivity index is 1.67. The van der Waals surface area contributed by atoms with E-state index in [4.69, 9.17) is 4.74 Å². The van der Waals surface area contributed by atoms with Crippen LogP contribution in [0.2, 0.25) is 0 Å². The van der Waals surface area contributed by atoms with E-state index in [0.717, 1.165) is 32.0 Å². The van der Waals surface area contributed by atoms with Crippen molar-refractivity contribution in [3.8, 4) is 5.75 Å². The molecule has 3 nitrogen and oxygen atoms in total. The number of hydrogen-bond acceptors (Lipinski definition) is 3. The number of hydrogen-bond donors (Lipinski definition) is 1. The van der Waals surface area contributed by atoms with Gasteiger partial charge in [0.2, 0.25) is 0 Å². The first-order valence-corrected chi connectivity index (χ1v) is 8.46. The molecule has 1 aliphatic heterocycles. The molecule has 0 amide bonds. The van der Waals surface area contributed by atoms with Crippen LogP contribution in [0.25, 0.3) is 0 Å². The zero-order valence-electron chi connectivity index (χ0n) is 13.6. The summed E-state index contributed by atoms with van der Waals surface area (Å²) >= 11 is 0. The minimum absolute atomic E-state index is 0.651. The van der Waals surface area contributed by atoms with Gasteiger partial charge >= 0.3 is 0 Å². The van der Waals surface area contributed by atoms with Crippen molar-refractivity contribution in [2.75, 3.05) is 26.2 Å². The summed E-state index contributed by atoms with van der Waals surface area (Å²) in [5, 5.41) is 3.56. The molecule has 0 saturated carbocycles. The summed E-state index contributed by atoms with van der Waals surface area (Å²) < 4.78 is 5.82. The van der Waals surface area contributed by atoms with Crippen LogP contribution in [0.15, 0.2) is 24.3 Å². The van der Waals surface area contributed by atoms with Gasteiger partial charge in [-0.15, -0.1) is 0 Å². The van der Waals surface area contributed by atoms with Gasteiger partial charge in [0, 0.05) is 24.7 Å². The van der Waals surface area contributed by atoms with E-state index in [0.29, 0.717) is 6.04 Å². The number of para-hydroxylation sites is 1. The van der Waals surface area contributed by atoms with Crippen LogP contribution < -0.4 is 10.1 Å². The third-order valence-electron chi connectivity index (χ3n) is 4.14. The zero-order valence-corrected chi connectivity index (χ0v) is 13.6. The first-order chi connectivity index (χ1) is 10.3. The highest BCUT2D eigenvalue weighted by atomic mass is 16.5. The summed E-state index contributed by atoms with van der Waals surface area (Å²) in [5.74, 6) is 1.07. The van der Waals surface area contributed by atoms with Crippen molar-refractivity contribution in [1.82, 2.24) is 10.2 Å². The van der Waals surface area contributed by atoms with Crippen LogP contribution in [0, 0.1) is 0 Å². The van der Waals surface area contributed by atoms with Gasteiger partial charge in [0.05, 0.1) is 0 Å². The minimum Gasteiger partial charge on any atom is -0.492 e. The average molecular weight is 290 g/mol. The Morgan fingerprint density at radius 1 is 1.29 bits per heavy atom. The van der Waals surface area contributed by atoms with Crippen LogP contribution in [0.4, 0.5) is 0 Å². The molecule has 0 spiro atoms.